The third-order valence-corrected chi connectivity index (χ3v) is 2.82. The zero-order chi connectivity index (χ0) is 13.1. The molecule has 0 amide bonds. The summed E-state index contributed by atoms with van der Waals surface area (Å²) in [6.07, 6.45) is 1.30. The SMILES string of the molecule is NCc1c(Cl)cccc1Oc1ncc(Cl)cc1F. The number of hydrogen-bond acceptors (Lipinski definition) is 3. The van der Waals surface area contributed by atoms with Crippen LogP contribution < -0.4 is 10.5 Å². The van der Waals surface area contributed by atoms with E-state index < -0.39 is 5.82 Å². The Hall–Kier alpha value is -1.36. The summed E-state index contributed by atoms with van der Waals surface area (Å²) < 4.78 is 18.9. The van der Waals surface area contributed by atoms with E-state index in [9.17, 15) is 4.39 Å². The lowest BCUT2D eigenvalue weighted by Gasteiger charge is -2.10. The highest BCUT2D eigenvalue weighted by Gasteiger charge is 2.11. The summed E-state index contributed by atoms with van der Waals surface area (Å²) in [5.74, 6) is -0.444. The first-order valence-corrected chi connectivity index (χ1v) is 5.83. The van der Waals surface area contributed by atoms with Crippen molar-refractivity contribution in [1.29, 1.82) is 0 Å². The Balaban J connectivity index is 2.37. The molecule has 0 aliphatic carbocycles. The van der Waals surface area contributed by atoms with Crippen molar-refractivity contribution in [2.75, 3.05) is 0 Å². The summed E-state index contributed by atoms with van der Waals surface area (Å²) in [4.78, 5) is 3.77. The Morgan fingerprint density at radius 2 is 2.11 bits per heavy atom. The summed E-state index contributed by atoms with van der Waals surface area (Å²) in [6, 6.07) is 6.13. The van der Waals surface area contributed by atoms with E-state index in [1.54, 1.807) is 18.2 Å². The first kappa shape index (κ1) is 13.1. The Labute approximate surface area is 113 Å². The van der Waals surface area contributed by atoms with Gasteiger partial charge in [-0.05, 0) is 18.2 Å². The molecule has 0 fully saturated rings. The van der Waals surface area contributed by atoms with Crippen molar-refractivity contribution in [3.63, 3.8) is 0 Å². The van der Waals surface area contributed by atoms with Gasteiger partial charge in [0.1, 0.15) is 5.75 Å². The molecule has 0 saturated carbocycles. The predicted octanol–water partition coefficient (Wildman–Crippen LogP) is 3.78. The maximum absolute atomic E-state index is 13.5. The molecule has 0 bridgehead atoms. The average molecular weight is 287 g/mol. The summed E-state index contributed by atoms with van der Waals surface area (Å²) in [5.41, 5.74) is 6.16. The highest BCUT2D eigenvalue weighted by atomic mass is 35.5. The lowest BCUT2D eigenvalue weighted by Crippen LogP contribution is -2.01. The van der Waals surface area contributed by atoms with Crippen LogP contribution in [-0.4, -0.2) is 4.98 Å². The van der Waals surface area contributed by atoms with Crippen molar-refractivity contribution in [2.45, 2.75) is 6.54 Å². The second-order valence-corrected chi connectivity index (χ2v) is 4.31. The van der Waals surface area contributed by atoms with Crippen LogP contribution in [0.1, 0.15) is 5.56 Å². The molecule has 1 heterocycles. The normalized spacial score (nSPS) is 10.4. The van der Waals surface area contributed by atoms with Crippen molar-refractivity contribution >= 4 is 23.2 Å². The molecule has 2 aromatic rings. The average Bonchev–Trinajstić information content (AvgIpc) is 2.33. The number of pyridine rings is 1. The van der Waals surface area contributed by atoms with E-state index in [1.165, 1.54) is 6.20 Å². The second-order valence-electron chi connectivity index (χ2n) is 3.46. The number of nitrogens with zero attached hydrogens (tertiary/aromatic N) is 1. The molecular formula is C12H9Cl2FN2O. The smallest absolute Gasteiger partial charge is 0.255 e. The van der Waals surface area contributed by atoms with Gasteiger partial charge in [-0.15, -0.1) is 0 Å². The van der Waals surface area contributed by atoms with Crippen LogP contribution in [-0.2, 0) is 6.54 Å². The topological polar surface area (TPSA) is 48.1 Å². The fourth-order valence-electron chi connectivity index (χ4n) is 1.41. The van der Waals surface area contributed by atoms with Crippen LogP contribution in [0.5, 0.6) is 11.6 Å². The van der Waals surface area contributed by atoms with Gasteiger partial charge in [-0.1, -0.05) is 29.3 Å². The summed E-state index contributed by atoms with van der Waals surface area (Å²) in [7, 11) is 0. The molecule has 0 unspecified atom stereocenters. The van der Waals surface area contributed by atoms with Crippen LogP contribution in [0, 0.1) is 5.82 Å². The van der Waals surface area contributed by atoms with E-state index in [0.717, 1.165) is 6.07 Å². The summed E-state index contributed by atoms with van der Waals surface area (Å²) in [5, 5.41) is 0.661. The van der Waals surface area contributed by atoms with Crippen LogP contribution >= 0.6 is 23.2 Å². The molecule has 6 heteroatoms. The van der Waals surface area contributed by atoms with E-state index in [1.807, 2.05) is 0 Å². The highest BCUT2D eigenvalue weighted by molar-refractivity contribution is 6.31. The van der Waals surface area contributed by atoms with Crippen molar-refractivity contribution in [1.82, 2.24) is 4.98 Å². The number of halogens is 3. The molecule has 3 nitrogen and oxygen atoms in total. The minimum absolute atomic E-state index is 0.170. The van der Waals surface area contributed by atoms with Gasteiger partial charge in [-0.3, -0.25) is 0 Å². The third kappa shape index (κ3) is 2.72. The van der Waals surface area contributed by atoms with Gasteiger partial charge >= 0.3 is 0 Å². The molecule has 0 aliphatic heterocycles. The van der Waals surface area contributed by atoms with E-state index in [2.05, 4.69) is 4.98 Å². The third-order valence-electron chi connectivity index (χ3n) is 2.26. The highest BCUT2D eigenvalue weighted by Crippen LogP contribution is 2.30. The molecule has 1 aromatic heterocycles. The molecule has 1 aromatic carbocycles. The molecule has 0 aliphatic rings. The van der Waals surface area contributed by atoms with Gasteiger partial charge in [0.2, 0.25) is 0 Å². The van der Waals surface area contributed by atoms with Gasteiger partial charge < -0.3 is 10.5 Å². The van der Waals surface area contributed by atoms with Gasteiger partial charge in [-0.2, -0.15) is 0 Å². The van der Waals surface area contributed by atoms with Crippen LogP contribution in [0.2, 0.25) is 10.0 Å². The molecule has 2 rings (SSSR count). The number of nitrogens with two attached hydrogens (primary N) is 1. The Morgan fingerprint density at radius 1 is 1.33 bits per heavy atom. The first-order valence-electron chi connectivity index (χ1n) is 5.08. The van der Waals surface area contributed by atoms with Gasteiger partial charge in [0, 0.05) is 23.3 Å². The van der Waals surface area contributed by atoms with E-state index >= 15 is 0 Å². The Kier molecular flexibility index (Phi) is 4.01. The van der Waals surface area contributed by atoms with Gasteiger partial charge in [0.15, 0.2) is 5.82 Å². The van der Waals surface area contributed by atoms with E-state index in [4.69, 9.17) is 33.7 Å². The largest absolute Gasteiger partial charge is 0.436 e. The monoisotopic (exact) mass is 286 g/mol. The molecule has 0 atom stereocenters. The van der Waals surface area contributed by atoms with Crippen LogP contribution in [0.15, 0.2) is 30.5 Å². The van der Waals surface area contributed by atoms with Gasteiger partial charge in [0.25, 0.3) is 5.88 Å². The molecule has 0 radical (unpaired) electrons. The van der Waals surface area contributed by atoms with Crippen molar-refractivity contribution < 1.29 is 9.13 Å². The minimum atomic E-state index is -0.648. The van der Waals surface area contributed by atoms with Crippen molar-refractivity contribution in [2.24, 2.45) is 5.73 Å². The molecule has 94 valence electrons. The number of rotatable bonds is 3. The number of ether oxygens (including phenoxy) is 1. The molecule has 0 saturated heterocycles. The lowest BCUT2D eigenvalue weighted by atomic mass is 10.2. The molecule has 0 spiro atoms. The fourth-order valence-corrected chi connectivity index (χ4v) is 1.80. The lowest BCUT2D eigenvalue weighted by molar-refractivity contribution is 0.419. The fraction of sp³-hybridized carbons (Fsp3) is 0.0833. The van der Waals surface area contributed by atoms with Crippen molar-refractivity contribution in [3.8, 4) is 11.6 Å². The zero-order valence-electron chi connectivity index (χ0n) is 9.16. The van der Waals surface area contributed by atoms with Crippen LogP contribution in [0.25, 0.3) is 0 Å². The molecular weight excluding hydrogens is 278 g/mol. The zero-order valence-corrected chi connectivity index (χ0v) is 10.7. The maximum atomic E-state index is 13.5. The predicted molar refractivity (Wildman–Crippen MR) is 68.6 cm³/mol. The molecule has 2 N–H and O–H groups in total. The van der Waals surface area contributed by atoms with Crippen LogP contribution in [0.3, 0.4) is 0 Å². The number of hydrogen-bond donors (Lipinski definition) is 1. The number of benzene rings is 1. The first-order chi connectivity index (χ1) is 8.61. The maximum Gasteiger partial charge on any atom is 0.255 e. The second kappa shape index (κ2) is 5.52. The summed E-state index contributed by atoms with van der Waals surface area (Å²) in [6.45, 7) is 0.185. The van der Waals surface area contributed by atoms with Gasteiger partial charge in [0.05, 0.1) is 5.02 Å². The van der Waals surface area contributed by atoms with E-state index in [0.29, 0.717) is 16.3 Å². The Bertz CT molecular complexity index is 578. The summed E-state index contributed by atoms with van der Waals surface area (Å²) >= 11 is 11.6. The van der Waals surface area contributed by atoms with E-state index in [-0.39, 0.29) is 17.4 Å². The Morgan fingerprint density at radius 3 is 2.78 bits per heavy atom. The van der Waals surface area contributed by atoms with Crippen molar-refractivity contribution in [3.05, 3.63) is 51.9 Å². The standard InChI is InChI=1S/C12H9Cl2FN2O/c13-7-4-10(15)12(17-6-7)18-11-3-1-2-9(14)8(11)5-16/h1-4,6H,5,16H2. The van der Waals surface area contributed by atoms with Crippen LogP contribution in [0.4, 0.5) is 4.39 Å². The number of aromatic nitrogens is 1. The minimum Gasteiger partial charge on any atom is -0.436 e. The quantitative estimate of drug-likeness (QED) is 0.934. The van der Waals surface area contributed by atoms with Gasteiger partial charge in [-0.25, -0.2) is 9.37 Å². The molecule has 18 heavy (non-hydrogen) atoms.